The average molecular weight is 390 g/mol. The van der Waals surface area contributed by atoms with Gasteiger partial charge in [-0.3, -0.25) is 4.79 Å². The van der Waals surface area contributed by atoms with Crippen LogP contribution in [0.25, 0.3) is 0 Å². The number of carbonyl (C=O) groups excluding carboxylic acids is 1. The summed E-state index contributed by atoms with van der Waals surface area (Å²) in [5, 5.41) is 11.3. The van der Waals surface area contributed by atoms with Gasteiger partial charge >= 0.3 is 18.2 Å². The third-order valence-corrected chi connectivity index (χ3v) is 4.87. The summed E-state index contributed by atoms with van der Waals surface area (Å²) in [6, 6.07) is 2.81. The van der Waals surface area contributed by atoms with Gasteiger partial charge < -0.3 is 20.1 Å². The molecule has 2 fully saturated rings. The first-order valence-corrected chi connectivity index (χ1v) is 8.47. The van der Waals surface area contributed by atoms with Crippen LogP contribution in [0.4, 0.5) is 28.0 Å². The molecule has 6 nitrogen and oxygen atoms in total. The lowest BCUT2D eigenvalue weighted by Crippen LogP contribution is -2.35. The highest BCUT2D eigenvalue weighted by Gasteiger charge is 2.53. The molecule has 0 spiro atoms. The predicted octanol–water partition coefficient (Wildman–Crippen LogP) is 3.48. The summed E-state index contributed by atoms with van der Waals surface area (Å²) in [7, 11) is 0. The number of rotatable bonds is 4. The van der Waals surface area contributed by atoms with Crippen LogP contribution in [0.15, 0.2) is 18.2 Å². The fourth-order valence-electron chi connectivity index (χ4n) is 3.10. The number of alkyl halides is 3. The van der Waals surface area contributed by atoms with Crippen molar-refractivity contribution in [2.24, 2.45) is 11.8 Å². The van der Waals surface area contributed by atoms with Crippen molar-refractivity contribution < 1.29 is 37.0 Å². The van der Waals surface area contributed by atoms with Gasteiger partial charge in [0.05, 0.1) is 17.9 Å². The van der Waals surface area contributed by atoms with Crippen LogP contribution < -0.4 is 10.1 Å². The second-order valence-corrected chi connectivity index (χ2v) is 6.74. The van der Waals surface area contributed by atoms with Gasteiger partial charge in [-0.1, -0.05) is 0 Å². The molecule has 3 rings (SSSR count). The van der Waals surface area contributed by atoms with E-state index < -0.39 is 48.9 Å². The second kappa shape index (κ2) is 7.24. The maximum Gasteiger partial charge on any atom is 0.394 e. The number of benzene rings is 1. The van der Waals surface area contributed by atoms with Gasteiger partial charge in [0.15, 0.2) is 11.6 Å². The monoisotopic (exact) mass is 390 g/mol. The number of nitrogens with one attached hydrogen (secondary N) is 1. The first-order valence-electron chi connectivity index (χ1n) is 8.47. The molecule has 1 aliphatic heterocycles. The van der Waals surface area contributed by atoms with E-state index >= 15 is 0 Å². The van der Waals surface area contributed by atoms with Gasteiger partial charge in [-0.25, -0.2) is 9.18 Å². The Labute approximate surface area is 152 Å². The lowest BCUT2D eigenvalue weighted by molar-refractivity contribution is -0.187. The highest BCUT2D eigenvalue weighted by atomic mass is 19.4. The molecule has 0 bridgehead atoms. The van der Waals surface area contributed by atoms with Crippen molar-refractivity contribution in [2.45, 2.75) is 31.5 Å². The van der Waals surface area contributed by atoms with Gasteiger partial charge in [-0.05, 0) is 31.4 Å². The van der Waals surface area contributed by atoms with E-state index in [9.17, 15) is 27.2 Å². The lowest BCUT2D eigenvalue weighted by Gasteiger charge is -2.26. The average Bonchev–Trinajstić information content (AvgIpc) is 2.98. The predicted molar refractivity (Wildman–Crippen MR) is 85.9 cm³/mol. The number of nitrogens with zero attached hydrogens (tertiary/aromatic N) is 1. The molecular weight excluding hydrogens is 372 g/mol. The zero-order valence-corrected chi connectivity index (χ0v) is 14.1. The van der Waals surface area contributed by atoms with Gasteiger partial charge in [0, 0.05) is 24.8 Å². The van der Waals surface area contributed by atoms with E-state index in [0.717, 1.165) is 30.2 Å². The Balaban J connectivity index is 1.64. The number of ether oxygens (including phenoxy) is 1. The molecule has 10 heteroatoms. The fraction of sp³-hybridized carbons (Fsp3) is 0.529. The molecule has 1 aromatic carbocycles. The van der Waals surface area contributed by atoms with Crippen LogP contribution in [0.2, 0.25) is 0 Å². The number of aliphatic carboxylic acids is 1. The molecule has 0 radical (unpaired) electrons. The van der Waals surface area contributed by atoms with Crippen LogP contribution in [0.3, 0.4) is 0 Å². The third-order valence-electron chi connectivity index (χ3n) is 4.87. The Kier molecular flexibility index (Phi) is 5.16. The van der Waals surface area contributed by atoms with Crippen molar-refractivity contribution >= 4 is 17.7 Å². The number of urea groups is 1. The van der Waals surface area contributed by atoms with E-state index in [4.69, 9.17) is 9.84 Å². The molecule has 0 aromatic heterocycles. The van der Waals surface area contributed by atoms with Gasteiger partial charge in [-0.15, -0.1) is 0 Å². The molecule has 1 aliphatic carbocycles. The van der Waals surface area contributed by atoms with Crippen molar-refractivity contribution in [3.8, 4) is 5.75 Å². The SMILES string of the molecule is O=C(O)[C@@H]1CN(C(=O)Nc2ccc(OC3CCC3)c(F)c2)C[C@H]1C(F)(F)F. The number of hydrogen-bond donors (Lipinski definition) is 2. The zero-order valence-electron chi connectivity index (χ0n) is 14.1. The molecule has 1 heterocycles. The van der Waals surface area contributed by atoms with E-state index in [1.54, 1.807) is 0 Å². The van der Waals surface area contributed by atoms with Crippen molar-refractivity contribution in [3.05, 3.63) is 24.0 Å². The first-order chi connectivity index (χ1) is 12.6. The van der Waals surface area contributed by atoms with E-state index in [0.29, 0.717) is 0 Å². The second-order valence-electron chi connectivity index (χ2n) is 6.74. The summed E-state index contributed by atoms with van der Waals surface area (Å²) in [4.78, 5) is 24.0. The Hall–Kier alpha value is -2.52. The molecule has 1 saturated carbocycles. The number of carboxylic acids is 1. The standard InChI is InChI=1S/C17H18F4N2O4/c18-13-6-9(4-5-14(13)27-10-2-1-3-10)22-16(26)23-7-11(15(24)25)12(8-23)17(19,20)21/h4-6,10-12H,1-3,7-8H2,(H,22,26)(H,24,25)/t11-,12-/m1/s1. The fourth-order valence-corrected chi connectivity index (χ4v) is 3.10. The number of anilines is 1. The molecule has 1 saturated heterocycles. The van der Waals surface area contributed by atoms with Crippen LogP contribution >= 0.6 is 0 Å². The van der Waals surface area contributed by atoms with Crippen molar-refractivity contribution in [1.29, 1.82) is 0 Å². The minimum Gasteiger partial charge on any atom is -0.487 e. The molecule has 148 valence electrons. The molecular formula is C17H18F4N2O4. The normalized spacial score (nSPS) is 23.0. The van der Waals surface area contributed by atoms with E-state index in [1.807, 2.05) is 0 Å². The molecule has 2 amide bonds. The van der Waals surface area contributed by atoms with Crippen LogP contribution in [-0.2, 0) is 4.79 Å². The third kappa shape index (κ3) is 4.25. The maximum atomic E-state index is 14.1. The Morgan fingerprint density at radius 3 is 2.41 bits per heavy atom. The smallest absolute Gasteiger partial charge is 0.394 e. The van der Waals surface area contributed by atoms with Crippen LogP contribution in [0, 0.1) is 17.7 Å². The Bertz CT molecular complexity index is 736. The summed E-state index contributed by atoms with van der Waals surface area (Å²) in [6.07, 6.45) is -2.05. The number of hydrogen-bond acceptors (Lipinski definition) is 3. The minimum atomic E-state index is -4.73. The van der Waals surface area contributed by atoms with Gasteiger partial charge in [0.25, 0.3) is 0 Å². The van der Waals surface area contributed by atoms with E-state index in [2.05, 4.69) is 5.32 Å². The maximum absolute atomic E-state index is 14.1. The number of carbonyl (C=O) groups is 2. The van der Waals surface area contributed by atoms with Crippen molar-refractivity contribution in [3.63, 3.8) is 0 Å². The number of likely N-dealkylation sites (tertiary alicyclic amines) is 1. The molecule has 2 N–H and O–H groups in total. The number of carboxylic acid groups (broad SMARTS) is 1. The van der Waals surface area contributed by atoms with Gasteiger partial charge in [0.1, 0.15) is 0 Å². The zero-order chi connectivity index (χ0) is 19.8. The molecule has 0 unspecified atom stereocenters. The topological polar surface area (TPSA) is 78.9 Å². The quantitative estimate of drug-likeness (QED) is 0.772. The Morgan fingerprint density at radius 1 is 1.22 bits per heavy atom. The lowest BCUT2D eigenvalue weighted by atomic mass is 9.96. The molecule has 27 heavy (non-hydrogen) atoms. The van der Waals surface area contributed by atoms with Gasteiger partial charge in [0.2, 0.25) is 0 Å². The summed E-state index contributed by atoms with van der Waals surface area (Å²) in [6.45, 7) is -1.34. The number of halogens is 4. The molecule has 1 aromatic rings. The van der Waals surface area contributed by atoms with Crippen LogP contribution in [0.5, 0.6) is 5.75 Å². The Morgan fingerprint density at radius 2 is 1.93 bits per heavy atom. The van der Waals surface area contributed by atoms with Crippen LogP contribution in [0.1, 0.15) is 19.3 Å². The van der Waals surface area contributed by atoms with E-state index in [1.165, 1.54) is 12.1 Å². The first kappa shape index (κ1) is 19.2. The summed E-state index contributed by atoms with van der Waals surface area (Å²) >= 11 is 0. The summed E-state index contributed by atoms with van der Waals surface area (Å²) in [5.41, 5.74) is 0.0424. The highest BCUT2D eigenvalue weighted by molar-refractivity contribution is 5.90. The van der Waals surface area contributed by atoms with E-state index in [-0.39, 0.29) is 17.5 Å². The molecule has 2 atom stereocenters. The van der Waals surface area contributed by atoms with Crippen molar-refractivity contribution in [2.75, 3.05) is 18.4 Å². The number of amides is 2. The summed E-state index contributed by atoms with van der Waals surface area (Å²) in [5.74, 6) is -6.14. The largest absolute Gasteiger partial charge is 0.487 e. The summed E-state index contributed by atoms with van der Waals surface area (Å²) < 4.78 is 58.5. The van der Waals surface area contributed by atoms with Crippen molar-refractivity contribution in [1.82, 2.24) is 4.90 Å². The van der Waals surface area contributed by atoms with Crippen LogP contribution in [-0.4, -0.2) is 47.4 Å². The molecule has 2 aliphatic rings. The van der Waals surface area contributed by atoms with Gasteiger partial charge in [-0.2, -0.15) is 13.2 Å². The highest BCUT2D eigenvalue weighted by Crippen LogP contribution is 2.38. The minimum absolute atomic E-state index is 0.0307.